The highest BCUT2D eigenvalue weighted by molar-refractivity contribution is 9.10. The van der Waals surface area contributed by atoms with E-state index in [1.165, 1.54) is 4.90 Å². The monoisotopic (exact) mass is 300 g/mol. The summed E-state index contributed by atoms with van der Waals surface area (Å²) in [5.41, 5.74) is 0. The molecule has 0 radical (unpaired) electrons. The van der Waals surface area contributed by atoms with Crippen LogP contribution >= 0.6 is 15.9 Å². The van der Waals surface area contributed by atoms with Gasteiger partial charge in [0.25, 0.3) is 0 Å². The lowest BCUT2D eigenvalue weighted by molar-refractivity contribution is 0.0866. The van der Waals surface area contributed by atoms with Crippen LogP contribution in [0.25, 0.3) is 0 Å². The molecule has 1 amide bonds. The van der Waals surface area contributed by atoms with Crippen molar-refractivity contribution in [3.8, 4) is 5.88 Å². The fourth-order valence-corrected chi connectivity index (χ4v) is 2.13. The van der Waals surface area contributed by atoms with Gasteiger partial charge in [-0.15, -0.1) is 0 Å². The van der Waals surface area contributed by atoms with E-state index in [1.54, 1.807) is 6.20 Å². The lowest BCUT2D eigenvalue weighted by atomic mass is 10.1. The molecular weight excluding hydrogens is 288 g/mol. The van der Waals surface area contributed by atoms with Crippen LogP contribution in [0.2, 0.25) is 0 Å². The maximum absolute atomic E-state index is 10.7. The lowest BCUT2D eigenvalue weighted by Gasteiger charge is -2.30. The summed E-state index contributed by atoms with van der Waals surface area (Å²) in [6.45, 7) is 1.04. The van der Waals surface area contributed by atoms with E-state index in [0.717, 1.165) is 4.47 Å². The van der Waals surface area contributed by atoms with Crippen molar-refractivity contribution in [1.29, 1.82) is 0 Å². The number of carboxylic acid groups (broad SMARTS) is 1. The molecule has 17 heavy (non-hydrogen) atoms. The van der Waals surface area contributed by atoms with Crippen LogP contribution in [0.1, 0.15) is 12.8 Å². The van der Waals surface area contributed by atoms with E-state index in [-0.39, 0.29) is 6.10 Å². The number of rotatable bonds is 2. The van der Waals surface area contributed by atoms with E-state index >= 15 is 0 Å². The SMILES string of the molecule is O=C(O)N1CCC(Oc2ncccc2Br)CC1. The number of hydrogen-bond donors (Lipinski definition) is 1. The summed E-state index contributed by atoms with van der Waals surface area (Å²) < 4.78 is 6.56. The van der Waals surface area contributed by atoms with Crippen LogP contribution in [0.15, 0.2) is 22.8 Å². The normalized spacial score (nSPS) is 16.9. The molecule has 2 rings (SSSR count). The summed E-state index contributed by atoms with van der Waals surface area (Å²) in [5.74, 6) is 0.571. The minimum absolute atomic E-state index is 0.0387. The Hall–Kier alpha value is -1.30. The van der Waals surface area contributed by atoms with Gasteiger partial charge in [-0.25, -0.2) is 9.78 Å². The topological polar surface area (TPSA) is 62.7 Å². The molecule has 0 saturated carbocycles. The average molecular weight is 301 g/mol. The summed E-state index contributed by atoms with van der Waals surface area (Å²) in [6, 6.07) is 3.69. The number of piperidine rings is 1. The Morgan fingerprint density at radius 2 is 2.24 bits per heavy atom. The fourth-order valence-electron chi connectivity index (χ4n) is 1.78. The third-order valence-electron chi connectivity index (χ3n) is 2.72. The first-order chi connectivity index (χ1) is 8.16. The van der Waals surface area contributed by atoms with E-state index in [2.05, 4.69) is 20.9 Å². The highest BCUT2D eigenvalue weighted by atomic mass is 79.9. The van der Waals surface area contributed by atoms with Crippen molar-refractivity contribution in [3.63, 3.8) is 0 Å². The molecule has 5 nitrogen and oxygen atoms in total. The summed E-state index contributed by atoms with van der Waals surface area (Å²) in [5, 5.41) is 8.82. The van der Waals surface area contributed by atoms with Crippen LogP contribution in [-0.2, 0) is 0 Å². The van der Waals surface area contributed by atoms with Gasteiger partial charge in [-0.3, -0.25) is 0 Å². The predicted octanol–water partition coefficient (Wildman–Crippen LogP) is 2.37. The van der Waals surface area contributed by atoms with E-state index in [4.69, 9.17) is 9.84 Å². The van der Waals surface area contributed by atoms with Gasteiger partial charge in [-0.2, -0.15) is 0 Å². The van der Waals surface area contributed by atoms with Gasteiger partial charge in [0.05, 0.1) is 4.47 Å². The molecule has 1 saturated heterocycles. The number of aromatic nitrogens is 1. The molecule has 0 bridgehead atoms. The third-order valence-corrected chi connectivity index (χ3v) is 3.32. The van der Waals surface area contributed by atoms with Gasteiger partial charge < -0.3 is 14.7 Å². The van der Waals surface area contributed by atoms with Crippen LogP contribution in [-0.4, -0.2) is 40.3 Å². The van der Waals surface area contributed by atoms with Gasteiger partial charge >= 0.3 is 6.09 Å². The minimum atomic E-state index is -0.859. The molecule has 0 unspecified atom stereocenters. The van der Waals surface area contributed by atoms with Crippen LogP contribution in [0.3, 0.4) is 0 Å². The first kappa shape index (κ1) is 12.2. The number of pyridine rings is 1. The van der Waals surface area contributed by atoms with E-state index in [9.17, 15) is 4.79 Å². The molecule has 1 N–H and O–H groups in total. The molecule has 0 aliphatic carbocycles. The molecule has 6 heteroatoms. The van der Waals surface area contributed by atoms with Gasteiger partial charge in [0.2, 0.25) is 5.88 Å². The standard InChI is InChI=1S/C11H13BrN2O3/c12-9-2-1-5-13-10(9)17-8-3-6-14(7-4-8)11(15)16/h1-2,5,8H,3-4,6-7H2,(H,15,16). The first-order valence-corrected chi connectivity index (χ1v) is 6.21. The zero-order valence-corrected chi connectivity index (χ0v) is 10.8. The van der Waals surface area contributed by atoms with Gasteiger partial charge in [-0.1, -0.05) is 0 Å². The Labute approximate surface area is 108 Å². The number of ether oxygens (including phenoxy) is 1. The number of carbonyl (C=O) groups is 1. The molecule has 0 atom stereocenters. The Kier molecular flexibility index (Phi) is 3.83. The summed E-state index contributed by atoms with van der Waals surface area (Å²) in [4.78, 5) is 16.3. The van der Waals surface area contributed by atoms with Crippen LogP contribution < -0.4 is 4.74 Å². The van der Waals surface area contributed by atoms with E-state index in [0.29, 0.717) is 31.8 Å². The van der Waals surface area contributed by atoms with E-state index < -0.39 is 6.09 Å². The summed E-state index contributed by atoms with van der Waals surface area (Å²) in [7, 11) is 0. The second-order valence-electron chi connectivity index (χ2n) is 3.88. The Morgan fingerprint density at radius 3 is 2.82 bits per heavy atom. The highest BCUT2D eigenvalue weighted by Gasteiger charge is 2.24. The first-order valence-electron chi connectivity index (χ1n) is 5.42. The van der Waals surface area contributed by atoms with Crippen molar-refractivity contribution in [1.82, 2.24) is 9.88 Å². The molecule has 0 spiro atoms. The second-order valence-corrected chi connectivity index (χ2v) is 4.73. The molecule has 1 aliphatic heterocycles. The highest BCUT2D eigenvalue weighted by Crippen LogP contribution is 2.24. The van der Waals surface area contributed by atoms with Crippen LogP contribution in [0.4, 0.5) is 4.79 Å². The zero-order chi connectivity index (χ0) is 12.3. The second kappa shape index (κ2) is 5.35. The molecular formula is C11H13BrN2O3. The fraction of sp³-hybridized carbons (Fsp3) is 0.455. The van der Waals surface area contributed by atoms with Crippen molar-refractivity contribution < 1.29 is 14.6 Å². The Balaban J connectivity index is 1.90. The number of likely N-dealkylation sites (tertiary alicyclic amines) is 1. The maximum atomic E-state index is 10.7. The van der Waals surface area contributed by atoms with Crippen molar-refractivity contribution in [2.45, 2.75) is 18.9 Å². The minimum Gasteiger partial charge on any atom is -0.473 e. The number of amides is 1. The summed E-state index contributed by atoms with van der Waals surface area (Å²) in [6.07, 6.45) is 2.26. The molecule has 0 aromatic carbocycles. The molecule has 1 fully saturated rings. The number of halogens is 1. The Bertz CT molecular complexity index is 405. The quantitative estimate of drug-likeness (QED) is 0.911. The van der Waals surface area contributed by atoms with Crippen molar-refractivity contribution in [2.75, 3.05) is 13.1 Å². The van der Waals surface area contributed by atoms with E-state index in [1.807, 2.05) is 12.1 Å². The van der Waals surface area contributed by atoms with Crippen molar-refractivity contribution >= 4 is 22.0 Å². The van der Waals surface area contributed by atoms with Gasteiger partial charge in [0, 0.05) is 32.1 Å². The predicted molar refractivity (Wildman–Crippen MR) is 65.2 cm³/mol. The molecule has 92 valence electrons. The third kappa shape index (κ3) is 3.09. The maximum Gasteiger partial charge on any atom is 0.407 e. The number of nitrogens with zero attached hydrogens (tertiary/aromatic N) is 2. The Morgan fingerprint density at radius 1 is 1.53 bits per heavy atom. The zero-order valence-electron chi connectivity index (χ0n) is 9.17. The van der Waals surface area contributed by atoms with Gasteiger partial charge in [0.15, 0.2) is 0 Å². The van der Waals surface area contributed by atoms with Crippen LogP contribution in [0.5, 0.6) is 5.88 Å². The average Bonchev–Trinajstić information content (AvgIpc) is 2.33. The van der Waals surface area contributed by atoms with Gasteiger partial charge in [0.1, 0.15) is 6.10 Å². The lowest BCUT2D eigenvalue weighted by Crippen LogP contribution is -2.41. The molecule has 1 aromatic rings. The number of hydrogen-bond acceptors (Lipinski definition) is 3. The molecule has 1 aromatic heterocycles. The molecule has 1 aliphatic rings. The summed E-state index contributed by atoms with van der Waals surface area (Å²) >= 11 is 3.37. The molecule has 2 heterocycles. The van der Waals surface area contributed by atoms with Crippen LogP contribution in [0, 0.1) is 0 Å². The smallest absolute Gasteiger partial charge is 0.407 e. The van der Waals surface area contributed by atoms with Gasteiger partial charge in [-0.05, 0) is 28.1 Å². The largest absolute Gasteiger partial charge is 0.473 e. The van der Waals surface area contributed by atoms with Crippen molar-refractivity contribution in [3.05, 3.63) is 22.8 Å². The van der Waals surface area contributed by atoms with Crippen molar-refractivity contribution in [2.24, 2.45) is 0 Å².